The Morgan fingerprint density at radius 2 is 1.68 bits per heavy atom. The van der Waals surface area contributed by atoms with Crippen molar-refractivity contribution in [3.8, 4) is 11.5 Å². The topological polar surface area (TPSA) is 37.0 Å². The van der Waals surface area contributed by atoms with Gasteiger partial charge in [-0.1, -0.05) is 30.3 Å². The largest absolute Gasteiger partial charge is 0.455 e. The van der Waals surface area contributed by atoms with Gasteiger partial charge >= 0.3 is 0 Å². The zero-order chi connectivity index (χ0) is 16.8. The molecule has 0 aliphatic carbocycles. The van der Waals surface area contributed by atoms with Gasteiger partial charge in [0.2, 0.25) is 0 Å². The number of hydrogen-bond donors (Lipinski definition) is 2. The van der Waals surface area contributed by atoms with E-state index in [0.29, 0.717) is 5.75 Å². The first-order valence-corrected chi connectivity index (χ1v) is 8.18. The summed E-state index contributed by atoms with van der Waals surface area (Å²) >= 11 is 0. The van der Waals surface area contributed by atoms with Crippen LogP contribution in [0.25, 0.3) is 10.9 Å². The highest BCUT2D eigenvalue weighted by Gasteiger charge is 2.26. The number of benzene rings is 3. The van der Waals surface area contributed by atoms with E-state index in [9.17, 15) is 4.39 Å². The second-order valence-corrected chi connectivity index (χ2v) is 6.15. The lowest BCUT2D eigenvalue weighted by atomic mass is 9.97. The highest BCUT2D eigenvalue weighted by atomic mass is 19.1. The van der Waals surface area contributed by atoms with Crippen molar-refractivity contribution in [2.75, 3.05) is 5.32 Å². The number of aromatic nitrogens is 1. The van der Waals surface area contributed by atoms with Gasteiger partial charge in [0.25, 0.3) is 0 Å². The van der Waals surface area contributed by atoms with Crippen LogP contribution < -0.4 is 10.1 Å². The first-order chi connectivity index (χ1) is 12.3. The lowest BCUT2D eigenvalue weighted by Gasteiger charge is -2.19. The molecule has 4 aromatic rings. The lowest BCUT2D eigenvalue weighted by molar-refractivity contribution is 0.480. The van der Waals surface area contributed by atoms with Gasteiger partial charge in [0.15, 0.2) is 5.75 Å². The van der Waals surface area contributed by atoms with Crippen molar-refractivity contribution >= 4 is 16.6 Å². The summed E-state index contributed by atoms with van der Waals surface area (Å²) in [5, 5.41) is 4.63. The van der Waals surface area contributed by atoms with E-state index < -0.39 is 0 Å². The summed E-state index contributed by atoms with van der Waals surface area (Å²) in [6, 6.07) is 20.3. The van der Waals surface area contributed by atoms with Gasteiger partial charge in [-0.2, -0.15) is 0 Å². The monoisotopic (exact) mass is 330 g/mol. The summed E-state index contributed by atoms with van der Waals surface area (Å²) in [6.07, 6.45) is 1.98. The van der Waals surface area contributed by atoms with Crippen LogP contribution in [0.3, 0.4) is 0 Å². The third kappa shape index (κ3) is 2.26. The van der Waals surface area contributed by atoms with Crippen molar-refractivity contribution in [3.05, 3.63) is 89.9 Å². The molecule has 1 aliphatic heterocycles. The van der Waals surface area contributed by atoms with Gasteiger partial charge in [-0.15, -0.1) is 0 Å². The number of hydrogen-bond acceptors (Lipinski definition) is 2. The molecule has 1 unspecified atom stereocenters. The Hall–Kier alpha value is -3.27. The molecule has 0 saturated heterocycles. The number of rotatable bonds is 1. The van der Waals surface area contributed by atoms with Crippen molar-refractivity contribution in [2.24, 2.45) is 0 Å². The van der Waals surface area contributed by atoms with Crippen molar-refractivity contribution in [1.29, 1.82) is 0 Å². The van der Waals surface area contributed by atoms with E-state index in [2.05, 4.69) is 16.4 Å². The maximum absolute atomic E-state index is 14.0. The Bertz CT molecular complexity index is 1090. The molecule has 1 aliphatic rings. The number of H-pyrrole nitrogens is 1. The molecule has 0 radical (unpaired) electrons. The van der Waals surface area contributed by atoms with Crippen molar-refractivity contribution < 1.29 is 9.13 Å². The summed E-state index contributed by atoms with van der Waals surface area (Å²) in [5.74, 6) is 1.12. The molecule has 0 saturated carbocycles. The van der Waals surface area contributed by atoms with Gasteiger partial charge < -0.3 is 15.0 Å². The SMILES string of the molecule is Fc1ccc2c(c1)C(c1c[nH]c3ccccc13)Nc1ccccc1O2. The Kier molecular flexibility index (Phi) is 3.04. The number of anilines is 1. The maximum Gasteiger partial charge on any atom is 0.150 e. The van der Waals surface area contributed by atoms with E-state index in [-0.39, 0.29) is 11.9 Å². The number of ether oxygens (including phenoxy) is 1. The normalized spacial score (nSPS) is 15.6. The van der Waals surface area contributed by atoms with Crippen LogP contribution in [0.2, 0.25) is 0 Å². The second kappa shape index (κ2) is 5.38. The lowest BCUT2D eigenvalue weighted by Crippen LogP contribution is -2.11. The fourth-order valence-corrected chi connectivity index (χ4v) is 3.44. The molecule has 25 heavy (non-hydrogen) atoms. The molecular weight excluding hydrogens is 315 g/mol. The molecule has 2 N–H and O–H groups in total. The van der Waals surface area contributed by atoms with E-state index >= 15 is 0 Å². The molecule has 0 bridgehead atoms. The van der Waals surface area contributed by atoms with E-state index in [1.165, 1.54) is 6.07 Å². The quantitative estimate of drug-likeness (QED) is 0.476. The van der Waals surface area contributed by atoms with Crippen molar-refractivity contribution in [2.45, 2.75) is 6.04 Å². The third-order valence-electron chi connectivity index (χ3n) is 4.62. The van der Waals surface area contributed by atoms with Gasteiger partial charge in [0, 0.05) is 28.2 Å². The minimum atomic E-state index is -0.278. The molecule has 0 spiro atoms. The standard InChI is InChI=1S/C21H15FN2O/c22-13-9-10-19-15(11-13)21(24-18-7-3-4-8-20(18)25-19)16-12-23-17-6-2-1-5-14(16)17/h1-12,21,23-24H. The summed E-state index contributed by atoms with van der Waals surface area (Å²) in [6.45, 7) is 0. The Morgan fingerprint density at radius 1 is 0.840 bits per heavy atom. The first kappa shape index (κ1) is 14.1. The van der Waals surface area contributed by atoms with Crippen LogP contribution in [0.1, 0.15) is 17.2 Å². The van der Waals surface area contributed by atoms with Crippen LogP contribution in [0.15, 0.2) is 72.9 Å². The van der Waals surface area contributed by atoms with Gasteiger partial charge in [-0.3, -0.25) is 0 Å². The second-order valence-electron chi connectivity index (χ2n) is 6.15. The molecular formula is C21H15FN2O. The molecule has 0 fully saturated rings. The minimum Gasteiger partial charge on any atom is -0.455 e. The van der Waals surface area contributed by atoms with Crippen LogP contribution >= 0.6 is 0 Å². The van der Waals surface area contributed by atoms with Gasteiger partial charge in [-0.25, -0.2) is 4.39 Å². The minimum absolute atomic E-state index is 0.217. The fraction of sp³-hybridized carbons (Fsp3) is 0.0476. The Morgan fingerprint density at radius 3 is 2.64 bits per heavy atom. The zero-order valence-corrected chi connectivity index (χ0v) is 13.3. The van der Waals surface area contributed by atoms with Crippen LogP contribution in [-0.4, -0.2) is 4.98 Å². The third-order valence-corrected chi connectivity index (χ3v) is 4.62. The van der Waals surface area contributed by atoms with E-state index in [0.717, 1.165) is 33.5 Å². The molecule has 122 valence electrons. The summed E-state index contributed by atoms with van der Waals surface area (Å²) < 4.78 is 20.1. The molecule has 1 aromatic heterocycles. The highest BCUT2D eigenvalue weighted by molar-refractivity contribution is 5.85. The smallest absolute Gasteiger partial charge is 0.150 e. The van der Waals surface area contributed by atoms with E-state index in [1.807, 2.05) is 48.7 Å². The highest BCUT2D eigenvalue weighted by Crippen LogP contribution is 2.43. The van der Waals surface area contributed by atoms with Crippen LogP contribution in [-0.2, 0) is 0 Å². The summed E-state index contributed by atoms with van der Waals surface area (Å²) in [5.41, 5.74) is 3.77. The molecule has 2 heterocycles. The Balaban J connectivity index is 1.76. The number of fused-ring (bicyclic) bond motifs is 3. The predicted octanol–water partition coefficient (Wildman–Crippen LogP) is 5.61. The first-order valence-electron chi connectivity index (χ1n) is 8.18. The summed E-state index contributed by atoms with van der Waals surface area (Å²) in [7, 11) is 0. The number of halogens is 1. The van der Waals surface area contributed by atoms with Crippen molar-refractivity contribution in [3.63, 3.8) is 0 Å². The molecule has 4 heteroatoms. The number of aromatic amines is 1. The Labute approximate surface area is 144 Å². The predicted molar refractivity (Wildman–Crippen MR) is 96.7 cm³/mol. The molecule has 3 aromatic carbocycles. The van der Waals surface area contributed by atoms with Crippen molar-refractivity contribution in [1.82, 2.24) is 4.98 Å². The van der Waals surface area contributed by atoms with E-state index in [1.54, 1.807) is 12.1 Å². The molecule has 5 rings (SSSR count). The average Bonchev–Trinajstić information content (AvgIpc) is 2.99. The van der Waals surface area contributed by atoms with Crippen LogP contribution in [0.4, 0.5) is 10.1 Å². The molecule has 1 atom stereocenters. The number of nitrogens with one attached hydrogen (secondary N) is 2. The zero-order valence-electron chi connectivity index (χ0n) is 13.3. The number of para-hydroxylation sites is 3. The van der Waals surface area contributed by atoms with E-state index in [4.69, 9.17) is 4.74 Å². The maximum atomic E-state index is 14.0. The molecule has 3 nitrogen and oxygen atoms in total. The average molecular weight is 330 g/mol. The fourth-order valence-electron chi connectivity index (χ4n) is 3.44. The van der Waals surface area contributed by atoms with Crippen LogP contribution in [0.5, 0.6) is 11.5 Å². The molecule has 0 amide bonds. The van der Waals surface area contributed by atoms with Gasteiger partial charge in [-0.05, 0) is 36.4 Å². The van der Waals surface area contributed by atoms with Crippen LogP contribution in [0, 0.1) is 5.82 Å². The van der Waals surface area contributed by atoms with Gasteiger partial charge in [0.05, 0.1) is 11.7 Å². The van der Waals surface area contributed by atoms with Gasteiger partial charge in [0.1, 0.15) is 11.6 Å². The summed E-state index contributed by atoms with van der Waals surface area (Å²) in [4.78, 5) is 3.30.